The molecule has 1 fully saturated rings. The Balaban J connectivity index is 1.80. The van der Waals surface area contributed by atoms with Gasteiger partial charge in [0.05, 0.1) is 13.2 Å². The Morgan fingerprint density at radius 3 is 2.85 bits per heavy atom. The first-order valence-electron chi connectivity index (χ1n) is 7.20. The first-order chi connectivity index (χ1) is 9.79. The number of benzene rings is 1. The number of aliphatic hydroxyl groups is 1. The highest BCUT2D eigenvalue weighted by atomic mass is 16.5. The smallest absolute Gasteiger partial charge is 0.137 e. The fourth-order valence-electron chi connectivity index (χ4n) is 2.41. The number of morpholine rings is 1. The number of allylic oxidation sites excluding steroid dienone is 1. The predicted molar refractivity (Wildman–Crippen MR) is 78.2 cm³/mol. The summed E-state index contributed by atoms with van der Waals surface area (Å²) in [5, 5.41) is 10.1. The van der Waals surface area contributed by atoms with Crippen LogP contribution in [0.2, 0.25) is 0 Å². The van der Waals surface area contributed by atoms with E-state index in [1.807, 2.05) is 30.3 Å². The van der Waals surface area contributed by atoms with E-state index in [1.54, 1.807) is 0 Å². The van der Waals surface area contributed by atoms with Crippen LogP contribution in [-0.2, 0) is 11.2 Å². The molecular weight excluding hydrogens is 254 g/mol. The van der Waals surface area contributed by atoms with Crippen LogP contribution in [0.15, 0.2) is 36.9 Å². The van der Waals surface area contributed by atoms with Gasteiger partial charge in [-0.15, -0.1) is 6.58 Å². The fourth-order valence-corrected chi connectivity index (χ4v) is 2.41. The zero-order chi connectivity index (χ0) is 14.2. The van der Waals surface area contributed by atoms with Crippen molar-refractivity contribution in [2.45, 2.75) is 12.5 Å². The molecule has 1 saturated heterocycles. The minimum atomic E-state index is -0.445. The zero-order valence-electron chi connectivity index (χ0n) is 11.9. The largest absolute Gasteiger partial charge is 0.490 e. The molecule has 1 aliphatic rings. The maximum Gasteiger partial charge on any atom is 0.137 e. The summed E-state index contributed by atoms with van der Waals surface area (Å²) in [6, 6.07) is 7.89. The van der Waals surface area contributed by atoms with Crippen LogP contribution >= 0.6 is 0 Å². The van der Waals surface area contributed by atoms with Gasteiger partial charge in [0.1, 0.15) is 38.1 Å². The standard InChI is InChI=1S/C16H23NO3/c1-2-5-14-6-3-4-7-16(14)20-13-15(18)12-17-8-10-19-11-9-17/h2-4,6-7,15,18H,1,5,8-13H2/p+1/t15-/m0/s1. The summed E-state index contributed by atoms with van der Waals surface area (Å²) in [4.78, 5) is 1.38. The molecule has 2 rings (SSSR count). The number of hydrogen-bond donors (Lipinski definition) is 2. The molecule has 1 aliphatic heterocycles. The number of ether oxygens (including phenoxy) is 2. The Kier molecular flexibility index (Phi) is 6.05. The van der Waals surface area contributed by atoms with E-state index in [2.05, 4.69) is 6.58 Å². The summed E-state index contributed by atoms with van der Waals surface area (Å²) in [6.45, 7) is 8.29. The number of para-hydroxylation sites is 1. The molecule has 20 heavy (non-hydrogen) atoms. The Hall–Kier alpha value is -1.36. The van der Waals surface area contributed by atoms with Crippen molar-refractivity contribution in [3.63, 3.8) is 0 Å². The van der Waals surface area contributed by atoms with E-state index in [0.717, 1.165) is 44.0 Å². The summed E-state index contributed by atoms with van der Waals surface area (Å²) in [5.41, 5.74) is 1.11. The lowest BCUT2D eigenvalue weighted by molar-refractivity contribution is -0.911. The van der Waals surface area contributed by atoms with E-state index in [0.29, 0.717) is 13.2 Å². The Morgan fingerprint density at radius 2 is 2.10 bits per heavy atom. The lowest BCUT2D eigenvalue weighted by Crippen LogP contribution is -3.15. The summed E-state index contributed by atoms with van der Waals surface area (Å²) in [5.74, 6) is 0.837. The van der Waals surface area contributed by atoms with Crippen molar-refractivity contribution < 1.29 is 19.5 Å². The van der Waals surface area contributed by atoms with E-state index < -0.39 is 6.10 Å². The van der Waals surface area contributed by atoms with Gasteiger partial charge in [0, 0.05) is 0 Å². The van der Waals surface area contributed by atoms with Crippen molar-refractivity contribution in [1.29, 1.82) is 0 Å². The maximum atomic E-state index is 10.1. The van der Waals surface area contributed by atoms with Crippen LogP contribution < -0.4 is 9.64 Å². The molecule has 1 aromatic rings. The van der Waals surface area contributed by atoms with Gasteiger partial charge in [0.2, 0.25) is 0 Å². The molecular formula is C16H24NO3+. The molecule has 1 aromatic carbocycles. The molecule has 1 heterocycles. The quantitative estimate of drug-likeness (QED) is 0.694. The molecule has 0 bridgehead atoms. The third-order valence-corrected chi connectivity index (χ3v) is 3.49. The monoisotopic (exact) mass is 278 g/mol. The van der Waals surface area contributed by atoms with E-state index in [1.165, 1.54) is 4.90 Å². The van der Waals surface area contributed by atoms with Crippen molar-refractivity contribution in [1.82, 2.24) is 0 Å². The van der Waals surface area contributed by atoms with Crippen LogP contribution in [-0.4, -0.2) is 50.7 Å². The Labute approximate surface area is 120 Å². The lowest BCUT2D eigenvalue weighted by Gasteiger charge is -2.25. The van der Waals surface area contributed by atoms with Gasteiger partial charge >= 0.3 is 0 Å². The first-order valence-corrected chi connectivity index (χ1v) is 7.20. The third-order valence-electron chi connectivity index (χ3n) is 3.49. The van der Waals surface area contributed by atoms with Crippen molar-refractivity contribution in [2.75, 3.05) is 39.5 Å². The van der Waals surface area contributed by atoms with Gasteiger partial charge in [-0.3, -0.25) is 0 Å². The van der Waals surface area contributed by atoms with Crippen LogP contribution in [0.5, 0.6) is 5.75 Å². The molecule has 0 spiro atoms. The zero-order valence-corrected chi connectivity index (χ0v) is 11.9. The molecule has 0 radical (unpaired) electrons. The van der Waals surface area contributed by atoms with Crippen LogP contribution in [0.3, 0.4) is 0 Å². The fraction of sp³-hybridized carbons (Fsp3) is 0.500. The van der Waals surface area contributed by atoms with Gasteiger partial charge in [-0.25, -0.2) is 0 Å². The summed E-state index contributed by atoms with van der Waals surface area (Å²) >= 11 is 0. The molecule has 110 valence electrons. The van der Waals surface area contributed by atoms with Crippen LogP contribution in [0, 0.1) is 0 Å². The average Bonchev–Trinajstić information content (AvgIpc) is 2.48. The molecule has 0 aromatic heterocycles. The molecule has 4 heteroatoms. The second-order valence-electron chi connectivity index (χ2n) is 5.13. The van der Waals surface area contributed by atoms with Crippen LogP contribution in [0.1, 0.15) is 5.56 Å². The number of rotatable bonds is 7. The minimum Gasteiger partial charge on any atom is -0.490 e. The summed E-state index contributed by atoms with van der Waals surface area (Å²) in [7, 11) is 0. The molecule has 1 atom stereocenters. The van der Waals surface area contributed by atoms with E-state index in [-0.39, 0.29) is 0 Å². The lowest BCUT2D eigenvalue weighted by atomic mass is 10.1. The highest BCUT2D eigenvalue weighted by Crippen LogP contribution is 2.18. The van der Waals surface area contributed by atoms with Crippen molar-refractivity contribution in [3.8, 4) is 5.75 Å². The number of aliphatic hydroxyl groups excluding tert-OH is 1. The van der Waals surface area contributed by atoms with E-state index >= 15 is 0 Å². The Morgan fingerprint density at radius 1 is 1.35 bits per heavy atom. The first kappa shape index (κ1) is 15.0. The van der Waals surface area contributed by atoms with Crippen molar-refractivity contribution in [3.05, 3.63) is 42.5 Å². The molecule has 0 unspecified atom stereocenters. The van der Waals surface area contributed by atoms with Gasteiger partial charge < -0.3 is 19.5 Å². The topological polar surface area (TPSA) is 43.1 Å². The van der Waals surface area contributed by atoms with Gasteiger partial charge in [0.25, 0.3) is 0 Å². The molecule has 0 amide bonds. The van der Waals surface area contributed by atoms with Crippen molar-refractivity contribution >= 4 is 0 Å². The highest BCUT2D eigenvalue weighted by molar-refractivity contribution is 5.34. The van der Waals surface area contributed by atoms with Gasteiger partial charge in [-0.05, 0) is 18.1 Å². The summed E-state index contributed by atoms with van der Waals surface area (Å²) in [6.07, 6.45) is 2.19. The van der Waals surface area contributed by atoms with Gasteiger partial charge in [-0.2, -0.15) is 0 Å². The number of hydrogen-bond acceptors (Lipinski definition) is 3. The summed E-state index contributed by atoms with van der Waals surface area (Å²) < 4.78 is 11.1. The Bertz CT molecular complexity index is 416. The van der Waals surface area contributed by atoms with Gasteiger partial charge in [-0.1, -0.05) is 24.3 Å². The SMILES string of the molecule is C=CCc1ccccc1OC[C@@H](O)C[NH+]1CCOCC1. The predicted octanol–water partition coefficient (Wildman–Crippen LogP) is 0.0699. The van der Waals surface area contributed by atoms with E-state index in [4.69, 9.17) is 9.47 Å². The minimum absolute atomic E-state index is 0.332. The number of nitrogens with one attached hydrogen (secondary N) is 1. The highest BCUT2D eigenvalue weighted by Gasteiger charge is 2.18. The number of quaternary nitrogens is 1. The van der Waals surface area contributed by atoms with Crippen LogP contribution in [0.25, 0.3) is 0 Å². The maximum absolute atomic E-state index is 10.1. The second kappa shape index (κ2) is 8.04. The molecule has 4 nitrogen and oxygen atoms in total. The molecule has 0 aliphatic carbocycles. The average molecular weight is 278 g/mol. The van der Waals surface area contributed by atoms with E-state index in [9.17, 15) is 5.11 Å². The molecule has 0 saturated carbocycles. The normalized spacial score (nSPS) is 17.6. The van der Waals surface area contributed by atoms with Gasteiger partial charge in [0.15, 0.2) is 0 Å². The second-order valence-corrected chi connectivity index (χ2v) is 5.13. The third kappa shape index (κ3) is 4.63. The molecule has 2 N–H and O–H groups in total. The van der Waals surface area contributed by atoms with Crippen LogP contribution in [0.4, 0.5) is 0 Å². The van der Waals surface area contributed by atoms with Crippen molar-refractivity contribution in [2.24, 2.45) is 0 Å².